The lowest BCUT2D eigenvalue weighted by Gasteiger charge is -2.40. The van der Waals surface area contributed by atoms with Gasteiger partial charge in [0.2, 0.25) is 5.95 Å². The van der Waals surface area contributed by atoms with Crippen molar-refractivity contribution in [3.63, 3.8) is 0 Å². The molecule has 1 aromatic heterocycles. The molecule has 3 rings (SSSR count). The van der Waals surface area contributed by atoms with Crippen LogP contribution in [0, 0.1) is 0 Å². The lowest BCUT2D eigenvalue weighted by atomic mass is 9.78. The van der Waals surface area contributed by atoms with Gasteiger partial charge in [-0.1, -0.05) is 38.1 Å². The van der Waals surface area contributed by atoms with Gasteiger partial charge in [0, 0.05) is 30.7 Å². The number of aliphatic hydroxyl groups excluding tert-OH is 1. The molecule has 0 fully saturated rings. The van der Waals surface area contributed by atoms with Gasteiger partial charge >= 0.3 is 0 Å². The van der Waals surface area contributed by atoms with E-state index in [1.165, 1.54) is 11.1 Å². The fourth-order valence-electron chi connectivity index (χ4n) is 3.17. The van der Waals surface area contributed by atoms with Gasteiger partial charge in [0.25, 0.3) is 0 Å². The average molecular weight is 312 g/mol. The van der Waals surface area contributed by atoms with Gasteiger partial charge in [-0.15, -0.1) is 0 Å². The Labute approximate surface area is 137 Å². The van der Waals surface area contributed by atoms with E-state index in [0.29, 0.717) is 5.95 Å². The third-order valence-electron chi connectivity index (χ3n) is 4.31. The first-order valence-electron chi connectivity index (χ1n) is 8.03. The second kappa shape index (κ2) is 6.16. The molecule has 5 nitrogen and oxygen atoms in total. The first kappa shape index (κ1) is 15.7. The summed E-state index contributed by atoms with van der Waals surface area (Å²) < 4.78 is 0. The van der Waals surface area contributed by atoms with Crippen molar-refractivity contribution in [1.29, 1.82) is 0 Å². The largest absolute Gasteiger partial charge is 0.394 e. The molecule has 1 aliphatic heterocycles. The molecule has 1 atom stereocenters. The van der Waals surface area contributed by atoms with E-state index in [2.05, 4.69) is 58.3 Å². The van der Waals surface area contributed by atoms with E-state index in [0.717, 1.165) is 18.9 Å². The molecule has 2 N–H and O–H groups in total. The SMILES string of the molecule is C[C@@H](CO)Nc1nccc(N2Cc3ccccc3C(C)(C)C2)n1. The molecular weight excluding hydrogens is 288 g/mol. The molecule has 0 aliphatic carbocycles. The van der Waals surface area contributed by atoms with Crippen LogP contribution in [-0.4, -0.2) is 34.3 Å². The Morgan fingerprint density at radius 3 is 2.87 bits per heavy atom. The summed E-state index contributed by atoms with van der Waals surface area (Å²) in [4.78, 5) is 11.1. The van der Waals surface area contributed by atoms with Crippen LogP contribution in [0.4, 0.5) is 11.8 Å². The monoisotopic (exact) mass is 312 g/mol. The molecule has 0 bridgehead atoms. The highest BCUT2D eigenvalue weighted by Crippen LogP contribution is 2.34. The van der Waals surface area contributed by atoms with E-state index in [4.69, 9.17) is 5.11 Å². The number of aromatic nitrogens is 2. The number of anilines is 2. The molecule has 0 saturated heterocycles. The summed E-state index contributed by atoms with van der Waals surface area (Å²) in [6, 6.07) is 10.5. The van der Waals surface area contributed by atoms with Gasteiger partial charge < -0.3 is 15.3 Å². The van der Waals surface area contributed by atoms with Crippen LogP contribution in [0.5, 0.6) is 0 Å². The van der Waals surface area contributed by atoms with Gasteiger partial charge in [-0.05, 0) is 24.1 Å². The van der Waals surface area contributed by atoms with Crippen LogP contribution in [0.3, 0.4) is 0 Å². The summed E-state index contributed by atoms with van der Waals surface area (Å²) in [5.41, 5.74) is 2.84. The first-order valence-corrected chi connectivity index (χ1v) is 8.03. The molecule has 122 valence electrons. The smallest absolute Gasteiger partial charge is 0.224 e. The molecule has 0 saturated carbocycles. The van der Waals surface area contributed by atoms with Crippen LogP contribution in [0.2, 0.25) is 0 Å². The zero-order valence-corrected chi connectivity index (χ0v) is 14.0. The fourth-order valence-corrected chi connectivity index (χ4v) is 3.17. The zero-order chi connectivity index (χ0) is 16.4. The Hall–Kier alpha value is -2.14. The Bertz CT molecular complexity index is 686. The van der Waals surface area contributed by atoms with Gasteiger partial charge in [-0.2, -0.15) is 4.98 Å². The number of fused-ring (bicyclic) bond motifs is 1. The highest BCUT2D eigenvalue weighted by molar-refractivity contribution is 5.49. The Balaban J connectivity index is 1.87. The quantitative estimate of drug-likeness (QED) is 0.908. The van der Waals surface area contributed by atoms with E-state index in [1.807, 2.05) is 13.0 Å². The summed E-state index contributed by atoms with van der Waals surface area (Å²) in [6.07, 6.45) is 1.77. The highest BCUT2D eigenvalue weighted by Gasteiger charge is 2.32. The van der Waals surface area contributed by atoms with Crippen molar-refractivity contribution in [1.82, 2.24) is 9.97 Å². The number of aliphatic hydroxyl groups is 1. The maximum Gasteiger partial charge on any atom is 0.224 e. The number of nitrogens with one attached hydrogen (secondary N) is 1. The molecule has 2 aromatic rings. The number of benzene rings is 1. The van der Waals surface area contributed by atoms with Gasteiger partial charge in [-0.3, -0.25) is 0 Å². The van der Waals surface area contributed by atoms with E-state index in [-0.39, 0.29) is 18.1 Å². The predicted molar refractivity (Wildman–Crippen MR) is 92.7 cm³/mol. The summed E-state index contributed by atoms with van der Waals surface area (Å²) in [5, 5.41) is 12.3. The van der Waals surface area contributed by atoms with Crippen LogP contribution >= 0.6 is 0 Å². The van der Waals surface area contributed by atoms with Crippen molar-refractivity contribution in [2.24, 2.45) is 0 Å². The first-order chi connectivity index (χ1) is 11.0. The minimum Gasteiger partial charge on any atom is -0.394 e. The van der Waals surface area contributed by atoms with Crippen molar-refractivity contribution in [2.75, 3.05) is 23.4 Å². The summed E-state index contributed by atoms with van der Waals surface area (Å²) in [5.74, 6) is 1.47. The Kier molecular flexibility index (Phi) is 4.22. The maximum atomic E-state index is 9.16. The normalized spacial score (nSPS) is 17.5. The van der Waals surface area contributed by atoms with E-state index < -0.39 is 0 Å². The van der Waals surface area contributed by atoms with Crippen molar-refractivity contribution in [3.8, 4) is 0 Å². The van der Waals surface area contributed by atoms with Crippen LogP contribution in [0.15, 0.2) is 36.5 Å². The zero-order valence-electron chi connectivity index (χ0n) is 14.0. The van der Waals surface area contributed by atoms with Crippen molar-refractivity contribution >= 4 is 11.8 Å². The lowest BCUT2D eigenvalue weighted by molar-refractivity contribution is 0.281. The maximum absolute atomic E-state index is 9.16. The molecule has 0 radical (unpaired) electrons. The van der Waals surface area contributed by atoms with Crippen molar-refractivity contribution in [3.05, 3.63) is 47.7 Å². The second-order valence-electron chi connectivity index (χ2n) is 6.86. The minimum atomic E-state index is -0.0660. The molecule has 0 unspecified atom stereocenters. The van der Waals surface area contributed by atoms with Gasteiger partial charge in [0.15, 0.2) is 0 Å². The topological polar surface area (TPSA) is 61.3 Å². The van der Waals surface area contributed by atoms with E-state index >= 15 is 0 Å². The molecule has 1 aromatic carbocycles. The summed E-state index contributed by atoms with van der Waals surface area (Å²) in [7, 11) is 0. The van der Waals surface area contributed by atoms with Crippen LogP contribution in [0.1, 0.15) is 31.9 Å². The van der Waals surface area contributed by atoms with E-state index in [9.17, 15) is 0 Å². The molecule has 2 heterocycles. The minimum absolute atomic E-state index is 0.0533. The van der Waals surface area contributed by atoms with Crippen LogP contribution < -0.4 is 10.2 Å². The van der Waals surface area contributed by atoms with Crippen molar-refractivity contribution < 1.29 is 5.11 Å². The van der Waals surface area contributed by atoms with Crippen molar-refractivity contribution in [2.45, 2.75) is 38.8 Å². The molecular formula is C18H24N4O. The van der Waals surface area contributed by atoms with Gasteiger partial charge in [-0.25, -0.2) is 4.98 Å². The fraction of sp³-hybridized carbons (Fsp3) is 0.444. The summed E-state index contributed by atoms with van der Waals surface area (Å²) in [6.45, 7) is 8.26. The summed E-state index contributed by atoms with van der Waals surface area (Å²) >= 11 is 0. The number of hydrogen-bond donors (Lipinski definition) is 2. The number of nitrogens with zero attached hydrogens (tertiary/aromatic N) is 3. The second-order valence-corrected chi connectivity index (χ2v) is 6.86. The molecule has 5 heteroatoms. The van der Waals surface area contributed by atoms with Crippen LogP contribution in [-0.2, 0) is 12.0 Å². The number of hydrogen-bond acceptors (Lipinski definition) is 5. The van der Waals surface area contributed by atoms with Crippen LogP contribution in [0.25, 0.3) is 0 Å². The Morgan fingerprint density at radius 1 is 1.30 bits per heavy atom. The molecule has 0 spiro atoms. The Morgan fingerprint density at radius 2 is 2.09 bits per heavy atom. The molecule has 1 aliphatic rings. The lowest BCUT2D eigenvalue weighted by Crippen LogP contribution is -2.42. The van der Waals surface area contributed by atoms with E-state index in [1.54, 1.807) is 6.20 Å². The molecule has 23 heavy (non-hydrogen) atoms. The molecule has 0 amide bonds. The standard InChI is InChI=1S/C18H24N4O/c1-13(11-23)20-17-19-9-8-16(21-17)22-10-14-6-4-5-7-15(14)18(2,3)12-22/h4-9,13,23H,10-12H2,1-3H3,(H,19,20,21)/t13-/m0/s1. The highest BCUT2D eigenvalue weighted by atomic mass is 16.3. The third kappa shape index (κ3) is 3.29. The third-order valence-corrected chi connectivity index (χ3v) is 4.31. The van der Waals surface area contributed by atoms with Gasteiger partial charge in [0.05, 0.1) is 6.61 Å². The number of rotatable bonds is 4. The average Bonchev–Trinajstić information content (AvgIpc) is 2.54. The van der Waals surface area contributed by atoms with Gasteiger partial charge in [0.1, 0.15) is 5.82 Å². The predicted octanol–water partition coefficient (Wildman–Crippen LogP) is 2.57.